The lowest BCUT2D eigenvalue weighted by atomic mass is 9.92. The maximum atomic E-state index is 12.4. The lowest BCUT2D eigenvalue weighted by Crippen LogP contribution is -2.45. The monoisotopic (exact) mass is 328 g/mol. The predicted molar refractivity (Wildman–Crippen MR) is 95.0 cm³/mol. The Morgan fingerprint density at radius 3 is 2.79 bits per heavy atom. The summed E-state index contributed by atoms with van der Waals surface area (Å²) in [6, 6.07) is 6.15. The molecular formula is C20H28N2O2. The van der Waals surface area contributed by atoms with E-state index in [1.54, 1.807) is 0 Å². The van der Waals surface area contributed by atoms with Gasteiger partial charge in [-0.25, -0.2) is 0 Å². The van der Waals surface area contributed by atoms with E-state index in [-0.39, 0.29) is 17.7 Å². The summed E-state index contributed by atoms with van der Waals surface area (Å²) in [5, 5.41) is 0. The molecule has 24 heavy (non-hydrogen) atoms. The summed E-state index contributed by atoms with van der Waals surface area (Å²) in [7, 11) is 0. The first-order chi connectivity index (χ1) is 11.5. The van der Waals surface area contributed by atoms with Crippen molar-refractivity contribution in [3.8, 4) is 0 Å². The lowest BCUT2D eigenvalue weighted by Gasteiger charge is -2.34. The molecule has 4 nitrogen and oxygen atoms in total. The number of ketones is 1. The minimum atomic E-state index is 0.0822. The standard InChI is InChI=1S/C20H28N2O2/c1-14(21)18-6-3-11-22(13-18)20(24)10-9-19(23)17-8-7-15-4-2-5-16(15)12-17/h7-8,12,14,18H,2-6,9-11,13,21H2,1H3. The van der Waals surface area contributed by atoms with Gasteiger partial charge in [0.15, 0.2) is 5.78 Å². The molecule has 2 N–H and O–H groups in total. The number of nitrogens with two attached hydrogens (primary N) is 1. The van der Waals surface area contributed by atoms with Crippen LogP contribution in [-0.4, -0.2) is 35.7 Å². The summed E-state index contributed by atoms with van der Waals surface area (Å²) in [5.41, 5.74) is 9.42. The quantitative estimate of drug-likeness (QED) is 0.845. The van der Waals surface area contributed by atoms with Crippen LogP contribution in [0, 0.1) is 5.92 Å². The Bertz CT molecular complexity index is 624. The van der Waals surface area contributed by atoms with E-state index in [2.05, 4.69) is 6.07 Å². The summed E-state index contributed by atoms with van der Waals surface area (Å²) in [4.78, 5) is 26.7. The first-order valence-corrected chi connectivity index (χ1v) is 9.23. The van der Waals surface area contributed by atoms with Crippen molar-refractivity contribution in [2.45, 2.75) is 57.9 Å². The van der Waals surface area contributed by atoms with Crippen LogP contribution in [0.1, 0.15) is 60.5 Å². The van der Waals surface area contributed by atoms with Crippen molar-refractivity contribution in [3.05, 3.63) is 34.9 Å². The van der Waals surface area contributed by atoms with E-state index in [4.69, 9.17) is 5.73 Å². The summed E-state index contributed by atoms with van der Waals surface area (Å²) in [6.45, 7) is 3.55. The third kappa shape index (κ3) is 3.86. The molecule has 0 radical (unpaired) electrons. The number of aryl methyl sites for hydroxylation is 2. The van der Waals surface area contributed by atoms with Gasteiger partial charge < -0.3 is 10.6 Å². The normalized spacial score (nSPS) is 21.4. The van der Waals surface area contributed by atoms with Gasteiger partial charge in [-0.2, -0.15) is 0 Å². The topological polar surface area (TPSA) is 63.4 Å². The Morgan fingerprint density at radius 1 is 1.21 bits per heavy atom. The number of amides is 1. The van der Waals surface area contributed by atoms with E-state index in [9.17, 15) is 9.59 Å². The Hall–Kier alpha value is -1.68. The molecule has 2 atom stereocenters. The molecule has 1 fully saturated rings. The van der Waals surface area contributed by atoms with Gasteiger partial charge in [0, 0.05) is 37.5 Å². The molecule has 130 valence electrons. The molecule has 1 aromatic carbocycles. The Balaban J connectivity index is 1.53. The van der Waals surface area contributed by atoms with Crippen molar-refractivity contribution in [1.82, 2.24) is 4.90 Å². The molecule has 0 aromatic heterocycles. The average molecular weight is 328 g/mol. The van der Waals surface area contributed by atoms with E-state index >= 15 is 0 Å². The molecular weight excluding hydrogens is 300 g/mol. The Morgan fingerprint density at radius 2 is 2.00 bits per heavy atom. The molecule has 2 aliphatic rings. The smallest absolute Gasteiger partial charge is 0.223 e. The van der Waals surface area contributed by atoms with E-state index < -0.39 is 0 Å². The van der Waals surface area contributed by atoms with Gasteiger partial charge in [-0.05, 0) is 62.1 Å². The highest BCUT2D eigenvalue weighted by Gasteiger charge is 2.26. The van der Waals surface area contributed by atoms with Crippen LogP contribution in [0.5, 0.6) is 0 Å². The number of hydrogen-bond donors (Lipinski definition) is 1. The summed E-state index contributed by atoms with van der Waals surface area (Å²) < 4.78 is 0. The second-order valence-electron chi connectivity index (χ2n) is 7.36. The number of likely N-dealkylation sites (tertiary alicyclic amines) is 1. The van der Waals surface area contributed by atoms with Crippen LogP contribution in [0.4, 0.5) is 0 Å². The molecule has 1 saturated heterocycles. The SMILES string of the molecule is CC(N)C1CCCN(C(=O)CCC(=O)c2ccc3c(c2)CCC3)C1. The van der Waals surface area contributed by atoms with E-state index in [1.165, 1.54) is 17.5 Å². The zero-order valence-electron chi connectivity index (χ0n) is 14.6. The minimum Gasteiger partial charge on any atom is -0.342 e. The first-order valence-electron chi connectivity index (χ1n) is 9.23. The van der Waals surface area contributed by atoms with Crippen molar-refractivity contribution < 1.29 is 9.59 Å². The maximum Gasteiger partial charge on any atom is 0.223 e. The second-order valence-corrected chi connectivity index (χ2v) is 7.36. The molecule has 0 saturated carbocycles. The van der Waals surface area contributed by atoms with Crippen LogP contribution >= 0.6 is 0 Å². The molecule has 0 bridgehead atoms. The molecule has 3 rings (SSSR count). The molecule has 1 heterocycles. The van der Waals surface area contributed by atoms with Crippen molar-refractivity contribution in [2.24, 2.45) is 11.7 Å². The number of Topliss-reactive ketones (excluding diaryl/α,β-unsaturated/α-hetero) is 1. The van der Waals surface area contributed by atoms with E-state index in [1.807, 2.05) is 24.0 Å². The zero-order chi connectivity index (χ0) is 17.1. The van der Waals surface area contributed by atoms with Gasteiger partial charge in [0.25, 0.3) is 0 Å². The van der Waals surface area contributed by atoms with Gasteiger partial charge in [0.1, 0.15) is 0 Å². The zero-order valence-corrected chi connectivity index (χ0v) is 14.6. The van der Waals surface area contributed by atoms with Crippen LogP contribution in [0.25, 0.3) is 0 Å². The number of piperidine rings is 1. The highest BCUT2D eigenvalue weighted by Crippen LogP contribution is 2.24. The molecule has 1 aliphatic carbocycles. The second kappa shape index (κ2) is 7.47. The summed E-state index contributed by atoms with van der Waals surface area (Å²) in [5.74, 6) is 0.559. The third-order valence-electron chi connectivity index (χ3n) is 5.54. The van der Waals surface area contributed by atoms with Crippen molar-refractivity contribution in [3.63, 3.8) is 0 Å². The molecule has 1 aromatic rings. The van der Waals surface area contributed by atoms with Crippen LogP contribution in [0.3, 0.4) is 0 Å². The van der Waals surface area contributed by atoms with E-state index in [0.29, 0.717) is 18.8 Å². The van der Waals surface area contributed by atoms with Crippen LogP contribution in [0.15, 0.2) is 18.2 Å². The first kappa shape index (κ1) is 17.2. The van der Waals surface area contributed by atoms with Crippen LogP contribution < -0.4 is 5.73 Å². The molecule has 1 aliphatic heterocycles. The molecule has 2 unspecified atom stereocenters. The van der Waals surface area contributed by atoms with Gasteiger partial charge in [-0.1, -0.05) is 12.1 Å². The third-order valence-corrected chi connectivity index (χ3v) is 5.54. The van der Waals surface area contributed by atoms with Crippen molar-refractivity contribution in [1.29, 1.82) is 0 Å². The van der Waals surface area contributed by atoms with Gasteiger partial charge >= 0.3 is 0 Å². The van der Waals surface area contributed by atoms with Gasteiger partial charge in [-0.15, -0.1) is 0 Å². The van der Waals surface area contributed by atoms with Crippen molar-refractivity contribution >= 4 is 11.7 Å². The largest absolute Gasteiger partial charge is 0.342 e. The number of benzene rings is 1. The fourth-order valence-corrected chi connectivity index (χ4v) is 3.93. The van der Waals surface area contributed by atoms with Crippen LogP contribution in [0.2, 0.25) is 0 Å². The number of rotatable bonds is 5. The fourth-order valence-electron chi connectivity index (χ4n) is 3.93. The molecule has 4 heteroatoms. The average Bonchev–Trinajstić information content (AvgIpc) is 3.07. The highest BCUT2D eigenvalue weighted by molar-refractivity contribution is 5.98. The van der Waals surface area contributed by atoms with E-state index in [0.717, 1.165) is 44.3 Å². The number of fused-ring (bicyclic) bond motifs is 1. The minimum absolute atomic E-state index is 0.0822. The number of carbonyl (C=O) groups excluding carboxylic acids is 2. The Kier molecular flexibility index (Phi) is 5.34. The maximum absolute atomic E-state index is 12.4. The van der Waals surface area contributed by atoms with Gasteiger partial charge in [-0.3, -0.25) is 9.59 Å². The molecule has 0 spiro atoms. The molecule has 1 amide bonds. The van der Waals surface area contributed by atoms with Crippen molar-refractivity contribution in [2.75, 3.05) is 13.1 Å². The number of hydrogen-bond acceptors (Lipinski definition) is 3. The number of carbonyl (C=O) groups is 2. The predicted octanol–water partition coefficient (Wildman–Crippen LogP) is 2.72. The highest BCUT2D eigenvalue weighted by atomic mass is 16.2. The Labute approximate surface area is 144 Å². The van der Waals surface area contributed by atoms with Gasteiger partial charge in [0.2, 0.25) is 5.91 Å². The number of nitrogens with zero attached hydrogens (tertiary/aromatic N) is 1. The summed E-state index contributed by atoms with van der Waals surface area (Å²) >= 11 is 0. The fraction of sp³-hybridized carbons (Fsp3) is 0.600. The summed E-state index contributed by atoms with van der Waals surface area (Å²) in [6.07, 6.45) is 6.09. The van der Waals surface area contributed by atoms with Crippen LogP contribution in [-0.2, 0) is 17.6 Å². The lowest BCUT2D eigenvalue weighted by molar-refractivity contribution is -0.133. The van der Waals surface area contributed by atoms with Gasteiger partial charge in [0.05, 0.1) is 0 Å².